The third-order valence-electron chi connectivity index (χ3n) is 3.66. The number of esters is 1. The number of rotatable bonds is 5. The molecule has 1 aliphatic heterocycles. The van der Waals surface area contributed by atoms with Gasteiger partial charge in [-0.15, -0.1) is 0 Å². The van der Waals surface area contributed by atoms with Gasteiger partial charge in [0.15, 0.2) is 11.5 Å². The molecule has 0 saturated heterocycles. The van der Waals surface area contributed by atoms with Crippen LogP contribution in [-0.2, 0) is 11.3 Å². The maximum atomic E-state index is 12.4. The molecule has 0 radical (unpaired) electrons. The van der Waals surface area contributed by atoms with E-state index in [1.54, 1.807) is 37.4 Å². The van der Waals surface area contributed by atoms with Crippen LogP contribution < -0.4 is 18.9 Å². The van der Waals surface area contributed by atoms with E-state index >= 15 is 0 Å². The van der Waals surface area contributed by atoms with E-state index < -0.39 is 5.97 Å². The highest BCUT2D eigenvalue weighted by molar-refractivity contribution is 6.30. The Hall–Kier alpha value is -2.60. The molecular weight excluding hydrogens is 348 g/mol. The van der Waals surface area contributed by atoms with Crippen molar-refractivity contribution < 1.29 is 28.5 Å². The quantitative estimate of drug-likeness (QED) is 0.757. The number of hydrogen-bond donors (Lipinski definition) is 0. The molecule has 1 heterocycles. The van der Waals surface area contributed by atoms with E-state index in [4.69, 9.17) is 35.3 Å². The van der Waals surface area contributed by atoms with E-state index in [9.17, 15) is 4.79 Å². The van der Waals surface area contributed by atoms with Crippen LogP contribution >= 0.6 is 11.6 Å². The van der Waals surface area contributed by atoms with Gasteiger partial charge in [-0.05, 0) is 30.3 Å². The van der Waals surface area contributed by atoms with Gasteiger partial charge in [-0.25, -0.2) is 4.79 Å². The van der Waals surface area contributed by atoms with Crippen LogP contribution in [0, 0.1) is 0 Å². The van der Waals surface area contributed by atoms with E-state index in [-0.39, 0.29) is 6.61 Å². The fraction of sp³-hybridized carbons (Fsp3) is 0.278. The predicted molar refractivity (Wildman–Crippen MR) is 91.1 cm³/mol. The molecule has 1 aliphatic rings. The minimum Gasteiger partial charge on any atom is -0.496 e. The van der Waals surface area contributed by atoms with Crippen LogP contribution in [0.5, 0.6) is 23.0 Å². The number of halogens is 1. The average molecular weight is 365 g/mol. The summed E-state index contributed by atoms with van der Waals surface area (Å²) < 4.78 is 26.9. The van der Waals surface area contributed by atoms with E-state index in [2.05, 4.69) is 0 Å². The summed E-state index contributed by atoms with van der Waals surface area (Å²) in [4.78, 5) is 12.4. The van der Waals surface area contributed by atoms with E-state index in [0.717, 1.165) is 0 Å². The van der Waals surface area contributed by atoms with Crippen LogP contribution in [0.1, 0.15) is 15.9 Å². The zero-order valence-electron chi connectivity index (χ0n) is 13.8. The zero-order chi connectivity index (χ0) is 17.8. The summed E-state index contributed by atoms with van der Waals surface area (Å²) >= 11 is 5.98. The highest BCUT2D eigenvalue weighted by atomic mass is 35.5. The van der Waals surface area contributed by atoms with Gasteiger partial charge >= 0.3 is 5.97 Å². The normalized spacial score (nSPS) is 12.4. The van der Waals surface area contributed by atoms with Crippen LogP contribution in [0.4, 0.5) is 0 Å². The lowest BCUT2D eigenvalue weighted by molar-refractivity contribution is 0.0468. The third-order valence-corrected chi connectivity index (χ3v) is 3.90. The second kappa shape index (κ2) is 7.53. The molecular formula is C18H17ClO6. The molecule has 2 aromatic rings. The van der Waals surface area contributed by atoms with Gasteiger partial charge in [0.05, 0.1) is 19.8 Å². The Morgan fingerprint density at radius 1 is 1.08 bits per heavy atom. The first kappa shape index (κ1) is 17.2. The molecule has 132 valence electrons. The Morgan fingerprint density at radius 2 is 1.84 bits per heavy atom. The van der Waals surface area contributed by atoms with Crippen molar-refractivity contribution in [1.82, 2.24) is 0 Å². The van der Waals surface area contributed by atoms with E-state index in [1.807, 2.05) is 0 Å². The van der Waals surface area contributed by atoms with Crippen molar-refractivity contribution >= 4 is 17.6 Å². The molecule has 25 heavy (non-hydrogen) atoms. The van der Waals surface area contributed by atoms with Crippen molar-refractivity contribution in [2.75, 3.05) is 27.4 Å². The number of carbonyl (C=O) groups excluding carboxylic acids is 1. The van der Waals surface area contributed by atoms with Crippen molar-refractivity contribution in [3.05, 3.63) is 46.5 Å². The van der Waals surface area contributed by atoms with Crippen molar-refractivity contribution in [2.24, 2.45) is 0 Å². The minimum absolute atomic E-state index is 0.0271. The van der Waals surface area contributed by atoms with Crippen LogP contribution in [0.3, 0.4) is 0 Å². The highest BCUT2D eigenvalue weighted by Gasteiger charge is 2.21. The summed E-state index contributed by atoms with van der Waals surface area (Å²) in [6, 6.07) is 8.26. The molecule has 0 N–H and O–H groups in total. The fourth-order valence-electron chi connectivity index (χ4n) is 2.48. The second-order valence-electron chi connectivity index (χ2n) is 5.23. The first-order valence-electron chi connectivity index (χ1n) is 7.59. The van der Waals surface area contributed by atoms with Gasteiger partial charge in [0.1, 0.15) is 25.6 Å². The molecule has 3 rings (SSSR count). The SMILES string of the molecule is COc1ccc(Cl)cc1COC(=O)c1cc(OC)c2c(c1)OCCO2. The van der Waals surface area contributed by atoms with Gasteiger partial charge in [-0.1, -0.05) is 11.6 Å². The second-order valence-corrected chi connectivity index (χ2v) is 5.67. The highest BCUT2D eigenvalue weighted by Crippen LogP contribution is 2.40. The smallest absolute Gasteiger partial charge is 0.338 e. The Bertz CT molecular complexity index is 772. The molecule has 0 fully saturated rings. The summed E-state index contributed by atoms with van der Waals surface area (Å²) in [5.41, 5.74) is 0.981. The van der Waals surface area contributed by atoms with Crippen LogP contribution in [-0.4, -0.2) is 33.4 Å². The molecule has 0 aromatic heterocycles. The van der Waals surface area contributed by atoms with Crippen molar-refractivity contribution in [1.29, 1.82) is 0 Å². The first-order chi connectivity index (χ1) is 12.1. The molecule has 0 unspecified atom stereocenters. The Balaban J connectivity index is 1.79. The van der Waals surface area contributed by atoms with Crippen molar-refractivity contribution in [2.45, 2.75) is 6.61 Å². The van der Waals surface area contributed by atoms with Gasteiger partial charge < -0.3 is 23.7 Å². The standard InChI is InChI=1S/C18H17ClO6/c1-21-14-4-3-13(19)7-12(14)10-25-18(20)11-8-15(22-2)17-16(9-11)23-5-6-24-17/h3-4,7-9H,5-6,10H2,1-2H3. The summed E-state index contributed by atoms with van der Waals surface area (Å²) in [5, 5.41) is 0.535. The van der Waals surface area contributed by atoms with Crippen LogP contribution in [0.2, 0.25) is 5.02 Å². The van der Waals surface area contributed by atoms with Crippen molar-refractivity contribution in [3.8, 4) is 23.0 Å². The van der Waals surface area contributed by atoms with Gasteiger partial charge in [0.25, 0.3) is 0 Å². The molecule has 0 saturated carbocycles. The number of carbonyl (C=O) groups is 1. The lowest BCUT2D eigenvalue weighted by Crippen LogP contribution is -2.17. The topological polar surface area (TPSA) is 63.2 Å². The summed E-state index contributed by atoms with van der Waals surface area (Å²) in [6.07, 6.45) is 0. The van der Waals surface area contributed by atoms with E-state index in [1.165, 1.54) is 7.11 Å². The summed E-state index contributed by atoms with van der Waals surface area (Å²) in [7, 11) is 3.04. The van der Waals surface area contributed by atoms with Crippen molar-refractivity contribution in [3.63, 3.8) is 0 Å². The Labute approximate surface area is 150 Å². The third kappa shape index (κ3) is 3.74. The van der Waals surface area contributed by atoms with E-state index in [0.29, 0.717) is 52.4 Å². The number of methoxy groups -OCH3 is 2. The largest absolute Gasteiger partial charge is 0.496 e. The van der Waals surface area contributed by atoms with Gasteiger partial charge in [-0.3, -0.25) is 0 Å². The molecule has 0 aliphatic carbocycles. The van der Waals surface area contributed by atoms with Gasteiger partial charge in [-0.2, -0.15) is 0 Å². The molecule has 0 spiro atoms. The average Bonchev–Trinajstić information content (AvgIpc) is 2.65. The zero-order valence-corrected chi connectivity index (χ0v) is 14.6. The predicted octanol–water partition coefficient (Wildman–Crippen LogP) is 3.49. The fourth-order valence-corrected chi connectivity index (χ4v) is 2.67. The molecule has 0 amide bonds. The first-order valence-corrected chi connectivity index (χ1v) is 7.97. The molecule has 2 aromatic carbocycles. The number of fused-ring (bicyclic) bond motifs is 1. The number of ether oxygens (including phenoxy) is 5. The van der Waals surface area contributed by atoms with Crippen LogP contribution in [0.15, 0.2) is 30.3 Å². The van der Waals surface area contributed by atoms with Gasteiger partial charge in [0, 0.05) is 10.6 Å². The monoisotopic (exact) mass is 364 g/mol. The number of hydrogen-bond acceptors (Lipinski definition) is 6. The molecule has 0 bridgehead atoms. The Kier molecular flexibility index (Phi) is 5.19. The van der Waals surface area contributed by atoms with Crippen LogP contribution in [0.25, 0.3) is 0 Å². The molecule has 0 atom stereocenters. The molecule has 7 heteroatoms. The van der Waals surface area contributed by atoms with Gasteiger partial charge in [0.2, 0.25) is 5.75 Å². The minimum atomic E-state index is -0.516. The maximum Gasteiger partial charge on any atom is 0.338 e. The number of benzene rings is 2. The summed E-state index contributed by atoms with van der Waals surface area (Å²) in [6.45, 7) is 0.870. The lowest BCUT2D eigenvalue weighted by Gasteiger charge is -2.21. The Morgan fingerprint density at radius 3 is 2.60 bits per heavy atom. The molecule has 6 nitrogen and oxygen atoms in total. The summed E-state index contributed by atoms with van der Waals surface area (Å²) in [5.74, 6) is 1.44. The maximum absolute atomic E-state index is 12.4. The lowest BCUT2D eigenvalue weighted by atomic mass is 10.1.